The van der Waals surface area contributed by atoms with Gasteiger partial charge in [0.25, 0.3) is 0 Å². The van der Waals surface area contributed by atoms with Crippen molar-refractivity contribution in [2.24, 2.45) is 5.92 Å². The number of nitrogens with one attached hydrogen (secondary N) is 1. The molecule has 2 amide bonds. The first-order valence-electron chi connectivity index (χ1n) is 6.44. The second-order valence-electron chi connectivity index (χ2n) is 5.20. The first-order chi connectivity index (χ1) is 7.68. The van der Waals surface area contributed by atoms with Gasteiger partial charge in [-0.2, -0.15) is 0 Å². The van der Waals surface area contributed by atoms with Crippen molar-refractivity contribution >= 4 is 6.03 Å². The van der Waals surface area contributed by atoms with Crippen LogP contribution in [0.25, 0.3) is 0 Å². The number of hydrogen-bond donors (Lipinski definition) is 1. The Balaban J connectivity index is 1.96. The number of piperidine rings is 1. The summed E-state index contributed by atoms with van der Waals surface area (Å²) in [6.45, 7) is 8.93. The number of piperazine rings is 1. The number of likely N-dealkylation sites (tertiary alicyclic amines) is 1. The summed E-state index contributed by atoms with van der Waals surface area (Å²) in [6.07, 6.45) is 2.41. The third-order valence-electron chi connectivity index (χ3n) is 3.75. The van der Waals surface area contributed by atoms with Crippen molar-refractivity contribution in [3.05, 3.63) is 0 Å². The van der Waals surface area contributed by atoms with Crippen molar-refractivity contribution in [2.75, 3.05) is 32.7 Å². The Bertz CT molecular complexity index is 251. The predicted octanol–water partition coefficient (Wildman–Crippen LogP) is 1.13. The SMILES string of the molecule is CC1CCC(C)N(C(=O)N2CCNCC2)C1. The van der Waals surface area contributed by atoms with Crippen LogP contribution in [0.3, 0.4) is 0 Å². The predicted molar refractivity (Wildman–Crippen MR) is 64.4 cm³/mol. The summed E-state index contributed by atoms with van der Waals surface area (Å²) in [4.78, 5) is 16.4. The Labute approximate surface area is 98.0 Å². The zero-order valence-electron chi connectivity index (χ0n) is 10.4. The van der Waals surface area contributed by atoms with Crippen LogP contribution in [-0.4, -0.2) is 54.6 Å². The number of amides is 2. The first kappa shape index (κ1) is 11.7. The fourth-order valence-corrected chi connectivity index (χ4v) is 2.59. The van der Waals surface area contributed by atoms with Crippen LogP contribution in [0.1, 0.15) is 26.7 Å². The molecule has 4 heteroatoms. The molecule has 0 aromatic rings. The molecule has 4 nitrogen and oxygen atoms in total. The van der Waals surface area contributed by atoms with Gasteiger partial charge in [-0.15, -0.1) is 0 Å². The van der Waals surface area contributed by atoms with Crippen LogP contribution in [0.2, 0.25) is 0 Å². The van der Waals surface area contributed by atoms with Crippen LogP contribution in [0.15, 0.2) is 0 Å². The highest BCUT2D eigenvalue weighted by Gasteiger charge is 2.30. The molecule has 0 bridgehead atoms. The molecule has 2 aliphatic rings. The molecule has 92 valence electrons. The van der Waals surface area contributed by atoms with E-state index in [-0.39, 0.29) is 6.03 Å². The number of carbonyl (C=O) groups excluding carboxylic acids is 1. The number of hydrogen-bond acceptors (Lipinski definition) is 2. The van der Waals surface area contributed by atoms with Gasteiger partial charge in [-0.1, -0.05) is 6.92 Å². The molecule has 2 atom stereocenters. The minimum absolute atomic E-state index is 0.251. The second-order valence-corrected chi connectivity index (χ2v) is 5.20. The second kappa shape index (κ2) is 5.04. The lowest BCUT2D eigenvalue weighted by atomic mass is 9.95. The van der Waals surface area contributed by atoms with E-state index in [9.17, 15) is 4.79 Å². The zero-order valence-corrected chi connectivity index (χ0v) is 10.4. The van der Waals surface area contributed by atoms with Crippen LogP contribution in [0.4, 0.5) is 4.79 Å². The maximum Gasteiger partial charge on any atom is 0.320 e. The molecule has 1 N–H and O–H groups in total. The molecule has 0 aromatic carbocycles. The van der Waals surface area contributed by atoms with E-state index in [0.717, 1.165) is 39.1 Å². The molecule has 2 unspecified atom stereocenters. The Morgan fingerprint density at radius 2 is 1.88 bits per heavy atom. The van der Waals surface area contributed by atoms with Crippen LogP contribution >= 0.6 is 0 Å². The summed E-state index contributed by atoms with van der Waals surface area (Å²) in [6, 6.07) is 0.666. The fraction of sp³-hybridized carbons (Fsp3) is 0.917. The molecule has 0 radical (unpaired) electrons. The van der Waals surface area contributed by atoms with Crippen LogP contribution in [-0.2, 0) is 0 Å². The summed E-state index contributed by atoms with van der Waals surface area (Å²) in [5, 5.41) is 3.28. The molecule has 16 heavy (non-hydrogen) atoms. The fourth-order valence-electron chi connectivity index (χ4n) is 2.59. The lowest BCUT2D eigenvalue weighted by Crippen LogP contribution is -2.55. The van der Waals surface area contributed by atoms with Crippen molar-refractivity contribution < 1.29 is 4.79 Å². The monoisotopic (exact) mass is 225 g/mol. The van der Waals surface area contributed by atoms with Gasteiger partial charge in [-0.05, 0) is 25.7 Å². The van der Waals surface area contributed by atoms with Crippen molar-refractivity contribution in [3.8, 4) is 0 Å². The first-order valence-corrected chi connectivity index (χ1v) is 6.44. The van der Waals surface area contributed by atoms with Gasteiger partial charge in [0.2, 0.25) is 0 Å². The molecule has 2 rings (SSSR count). The van der Waals surface area contributed by atoms with Gasteiger partial charge < -0.3 is 15.1 Å². The topological polar surface area (TPSA) is 35.6 Å². The van der Waals surface area contributed by atoms with Gasteiger partial charge in [0.15, 0.2) is 0 Å². The van der Waals surface area contributed by atoms with E-state index < -0.39 is 0 Å². The minimum atomic E-state index is 0.251. The summed E-state index contributed by atoms with van der Waals surface area (Å²) in [5.41, 5.74) is 0. The third kappa shape index (κ3) is 2.48. The molecular formula is C12H23N3O. The van der Waals surface area contributed by atoms with Crippen LogP contribution in [0.5, 0.6) is 0 Å². The zero-order chi connectivity index (χ0) is 11.5. The summed E-state index contributed by atoms with van der Waals surface area (Å²) < 4.78 is 0. The van der Waals surface area contributed by atoms with Crippen molar-refractivity contribution in [1.82, 2.24) is 15.1 Å². The average Bonchev–Trinajstić information content (AvgIpc) is 2.32. The Hall–Kier alpha value is -0.770. The van der Waals surface area contributed by atoms with Crippen LogP contribution < -0.4 is 5.32 Å². The lowest BCUT2D eigenvalue weighted by molar-refractivity contribution is 0.101. The minimum Gasteiger partial charge on any atom is -0.322 e. The molecule has 2 aliphatic heterocycles. The lowest BCUT2D eigenvalue weighted by Gasteiger charge is -2.40. The number of carbonyl (C=O) groups is 1. The molecule has 0 saturated carbocycles. The van der Waals surface area contributed by atoms with Crippen molar-refractivity contribution in [1.29, 1.82) is 0 Å². The molecule has 0 spiro atoms. The highest BCUT2D eigenvalue weighted by molar-refractivity contribution is 5.75. The van der Waals surface area contributed by atoms with E-state index in [1.165, 1.54) is 6.42 Å². The molecule has 0 aromatic heterocycles. The standard InChI is InChI=1S/C12H23N3O/c1-10-3-4-11(2)15(9-10)12(16)14-7-5-13-6-8-14/h10-11,13H,3-9H2,1-2H3. The molecule has 0 aliphatic carbocycles. The Morgan fingerprint density at radius 1 is 1.19 bits per heavy atom. The smallest absolute Gasteiger partial charge is 0.320 e. The van der Waals surface area contributed by atoms with Gasteiger partial charge in [0, 0.05) is 38.8 Å². The molecule has 2 heterocycles. The third-order valence-corrected chi connectivity index (χ3v) is 3.75. The maximum absolute atomic E-state index is 12.3. The van der Waals surface area contributed by atoms with Gasteiger partial charge in [-0.25, -0.2) is 4.79 Å². The maximum atomic E-state index is 12.3. The van der Waals surface area contributed by atoms with E-state index in [0.29, 0.717) is 12.0 Å². The molecule has 2 fully saturated rings. The Morgan fingerprint density at radius 3 is 2.56 bits per heavy atom. The number of urea groups is 1. The van der Waals surface area contributed by atoms with Gasteiger partial charge >= 0.3 is 6.03 Å². The normalized spacial score (nSPS) is 31.6. The summed E-state index contributed by atoms with van der Waals surface area (Å²) >= 11 is 0. The van der Waals surface area contributed by atoms with Crippen LogP contribution in [0, 0.1) is 5.92 Å². The van der Waals surface area contributed by atoms with Gasteiger partial charge in [-0.3, -0.25) is 0 Å². The summed E-state index contributed by atoms with van der Waals surface area (Å²) in [7, 11) is 0. The van der Waals surface area contributed by atoms with Crippen molar-refractivity contribution in [3.63, 3.8) is 0 Å². The van der Waals surface area contributed by atoms with Gasteiger partial charge in [0.05, 0.1) is 0 Å². The van der Waals surface area contributed by atoms with Crippen molar-refractivity contribution in [2.45, 2.75) is 32.7 Å². The van der Waals surface area contributed by atoms with E-state index >= 15 is 0 Å². The van der Waals surface area contributed by atoms with E-state index in [1.807, 2.05) is 4.90 Å². The highest BCUT2D eigenvalue weighted by Crippen LogP contribution is 2.22. The largest absolute Gasteiger partial charge is 0.322 e. The number of rotatable bonds is 0. The highest BCUT2D eigenvalue weighted by atomic mass is 16.2. The molecular weight excluding hydrogens is 202 g/mol. The average molecular weight is 225 g/mol. The van der Waals surface area contributed by atoms with E-state index in [4.69, 9.17) is 0 Å². The molecule has 2 saturated heterocycles. The quantitative estimate of drug-likeness (QED) is 0.671. The summed E-state index contributed by atoms with van der Waals surface area (Å²) in [5.74, 6) is 0.656. The van der Waals surface area contributed by atoms with E-state index in [2.05, 4.69) is 24.1 Å². The Kier molecular flexibility index (Phi) is 3.69. The van der Waals surface area contributed by atoms with E-state index in [1.54, 1.807) is 0 Å². The number of nitrogens with zero attached hydrogens (tertiary/aromatic N) is 2. The van der Waals surface area contributed by atoms with Gasteiger partial charge in [0.1, 0.15) is 0 Å².